The molecule has 0 amide bonds. The van der Waals surface area contributed by atoms with E-state index in [4.69, 9.17) is 10.5 Å². The second-order valence-electron chi connectivity index (χ2n) is 5.79. The van der Waals surface area contributed by atoms with E-state index < -0.39 is 0 Å². The van der Waals surface area contributed by atoms with E-state index in [1.807, 2.05) is 23.2 Å². The van der Waals surface area contributed by atoms with E-state index in [2.05, 4.69) is 17.1 Å². The Labute approximate surface area is 133 Å². The smallest absolute Gasteiger partial charge is 0.152 e. The van der Waals surface area contributed by atoms with Crippen LogP contribution in [0.25, 0.3) is 10.9 Å². The summed E-state index contributed by atoms with van der Waals surface area (Å²) in [5.74, 6) is 0.214. The van der Waals surface area contributed by atoms with Crippen molar-refractivity contribution in [3.05, 3.63) is 54.0 Å². The number of nitrogens with one attached hydrogen (secondary N) is 1. The summed E-state index contributed by atoms with van der Waals surface area (Å²) in [6, 6.07) is 11.3. The van der Waals surface area contributed by atoms with E-state index in [0.29, 0.717) is 30.3 Å². The molecule has 1 aliphatic rings. The molecule has 0 saturated heterocycles. The summed E-state index contributed by atoms with van der Waals surface area (Å²) in [6.45, 7) is 1.96. The monoisotopic (exact) mass is 311 g/mol. The molecule has 23 heavy (non-hydrogen) atoms. The van der Waals surface area contributed by atoms with Crippen molar-refractivity contribution in [3.8, 4) is 5.75 Å². The molecule has 2 aromatic carbocycles. The van der Waals surface area contributed by atoms with Gasteiger partial charge in [0.2, 0.25) is 0 Å². The number of hydrogen-bond donors (Lipinski definition) is 2. The third-order valence-electron chi connectivity index (χ3n) is 4.31. The lowest BCUT2D eigenvalue weighted by Gasteiger charge is -2.31. The summed E-state index contributed by atoms with van der Waals surface area (Å²) in [6.07, 6.45) is 2.87. The van der Waals surface area contributed by atoms with Gasteiger partial charge in [0.05, 0.1) is 6.54 Å². The van der Waals surface area contributed by atoms with Gasteiger partial charge in [-0.25, -0.2) is 4.39 Å². The maximum Gasteiger partial charge on any atom is 0.152 e. The zero-order valence-corrected chi connectivity index (χ0v) is 12.7. The van der Waals surface area contributed by atoms with Crippen LogP contribution in [0.4, 0.5) is 15.8 Å². The van der Waals surface area contributed by atoms with Gasteiger partial charge in [0.15, 0.2) is 5.82 Å². The van der Waals surface area contributed by atoms with Gasteiger partial charge in [0.1, 0.15) is 18.0 Å². The number of nitrogens with two attached hydrogens (primary N) is 1. The number of rotatable bonds is 3. The average molecular weight is 311 g/mol. The Bertz CT molecular complexity index is 859. The van der Waals surface area contributed by atoms with Gasteiger partial charge in [-0.3, -0.25) is 0 Å². The molecule has 0 fully saturated rings. The van der Waals surface area contributed by atoms with Crippen LogP contribution in [0.1, 0.15) is 5.56 Å². The first kappa shape index (κ1) is 13.9. The van der Waals surface area contributed by atoms with E-state index >= 15 is 0 Å². The van der Waals surface area contributed by atoms with Crippen LogP contribution in [-0.4, -0.2) is 24.7 Å². The Morgan fingerprint density at radius 2 is 2.13 bits per heavy atom. The van der Waals surface area contributed by atoms with Crippen molar-refractivity contribution in [2.75, 3.05) is 30.3 Å². The fraction of sp³-hybridized carbons (Fsp3) is 0.222. The highest BCUT2D eigenvalue weighted by Gasteiger charge is 2.22. The molecule has 0 radical (unpaired) electrons. The molecular weight excluding hydrogens is 293 g/mol. The average Bonchev–Trinajstić information content (AvgIpc) is 2.95. The number of ether oxygens (including phenoxy) is 1. The molecule has 2 heterocycles. The Morgan fingerprint density at radius 3 is 3.04 bits per heavy atom. The minimum absolute atomic E-state index is 0.321. The highest BCUT2D eigenvalue weighted by Crippen LogP contribution is 2.36. The highest BCUT2D eigenvalue weighted by atomic mass is 19.1. The predicted octanol–water partition coefficient (Wildman–Crippen LogP) is 3.33. The summed E-state index contributed by atoms with van der Waals surface area (Å²) in [4.78, 5) is 5.32. The van der Waals surface area contributed by atoms with Crippen LogP contribution in [0.2, 0.25) is 0 Å². The molecule has 1 aromatic heterocycles. The third kappa shape index (κ3) is 2.48. The van der Waals surface area contributed by atoms with Crippen molar-refractivity contribution < 1.29 is 9.13 Å². The van der Waals surface area contributed by atoms with E-state index in [-0.39, 0.29) is 5.82 Å². The number of aromatic amines is 1. The molecule has 0 atom stereocenters. The van der Waals surface area contributed by atoms with Crippen molar-refractivity contribution in [2.45, 2.75) is 6.42 Å². The van der Waals surface area contributed by atoms with Gasteiger partial charge in [-0.05, 0) is 24.1 Å². The fourth-order valence-corrected chi connectivity index (χ4v) is 3.21. The van der Waals surface area contributed by atoms with Gasteiger partial charge in [0, 0.05) is 35.4 Å². The van der Waals surface area contributed by atoms with E-state index in [1.165, 1.54) is 17.0 Å². The van der Waals surface area contributed by atoms with E-state index in [9.17, 15) is 4.39 Å². The molecule has 0 saturated carbocycles. The summed E-state index contributed by atoms with van der Waals surface area (Å²) in [7, 11) is 0. The number of nitrogens with zero attached hydrogens (tertiary/aromatic N) is 1. The van der Waals surface area contributed by atoms with Gasteiger partial charge >= 0.3 is 0 Å². The van der Waals surface area contributed by atoms with Crippen LogP contribution >= 0.6 is 0 Å². The van der Waals surface area contributed by atoms with Gasteiger partial charge < -0.3 is 20.4 Å². The normalized spacial score (nSPS) is 13.9. The quantitative estimate of drug-likeness (QED) is 0.730. The first-order valence-corrected chi connectivity index (χ1v) is 7.74. The summed E-state index contributed by atoms with van der Waals surface area (Å²) in [5, 5.41) is 1.22. The molecular formula is C18H18FN3O. The van der Waals surface area contributed by atoms with Crippen molar-refractivity contribution in [1.29, 1.82) is 0 Å². The van der Waals surface area contributed by atoms with Crippen LogP contribution in [0, 0.1) is 5.82 Å². The number of fused-ring (bicyclic) bond motifs is 2. The van der Waals surface area contributed by atoms with E-state index in [1.54, 1.807) is 6.07 Å². The lowest BCUT2D eigenvalue weighted by atomic mass is 10.1. The van der Waals surface area contributed by atoms with Gasteiger partial charge in [-0.15, -0.1) is 0 Å². The van der Waals surface area contributed by atoms with Crippen molar-refractivity contribution in [3.63, 3.8) is 0 Å². The molecule has 0 aliphatic carbocycles. The van der Waals surface area contributed by atoms with Crippen LogP contribution in [0.3, 0.4) is 0 Å². The largest absolute Gasteiger partial charge is 0.489 e. The summed E-state index contributed by atoms with van der Waals surface area (Å²) in [5.41, 5.74) is 8.98. The number of hydrogen-bond acceptors (Lipinski definition) is 3. The fourth-order valence-electron chi connectivity index (χ4n) is 3.21. The Kier molecular flexibility index (Phi) is 3.33. The van der Waals surface area contributed by atoms with Gasteiger partial charge in [0.25, 0.3) is 0 Å². The van der Waals surface area contributed by atoms with Crippen LogP contribution < -0.4 is 15.4 Å². The zero-order chi connectivity index (χ0) is 15.8. The number of aromatic nitrogens is 1. The number of anilines is 2. The molecule has 3 N–H and O–H groups in total. The topological polar surface area (TPSA) is 54.3 Å². The number of nitrogen functional groups attached to an aromatic ring is 1. The van der Waals surface area contributed by atoms with Crippen LogP contribution in [0.15, 0.2) is 42.6 Å². The molecule has 4 rings (SSSR count). The van der Waals surface area contributed by atoms with Gasteiger partial charge in [-0.2, -0.15) is 0 Å². The maximum absolute atomic E-state index is 14.3. The molecule has 0 unspecified atom stereocenters. The maximum atomic E-state index is 14.3. The van der Waals surface area contributed by atoms with Gasteiger partial charge in [-0.1, -0.05) is 18.2 Å². The van der Waals surface area contributed by atoms with Crippen LogP contribution in [-0.2, 0) is 6.42 Å². The lowest BCUT2D eigenvalue weighted by molar-refractivity contribution is 0.304. The molecule has 0 bridgehead atoms. The number of benzene rings is 2. The van der Waals surface area contributed by atoms with Crippen molar-refractivity contribution in [1.82, 2.24) is 4.98 Å². The molecule has 5 heteroatoms. The second-order valence-corrected chi connectivity index (χ2v) is 5.79. The number of halogens is 1. The summed E-state index contributed by atoms with van der Waals surface area (Å²) >= 11 is 0. The Balaban J connectivity index is 1.59. The second kappa shape index (κ2) is 5.50. The van der Waals surface area contributed by atoms with Crippen molar-refractivity contribution in [2.24, 2.45) is 0 Å². The number of H-pyrrole nitrogens is 1. The molecule has 118 valence electrons. The first-order valence-electron chi connectivity index (χ1n) is 7.74. The molecule has 3 aromatic rings. The highest BCUT2D eigenvalue weighted by molar-refractivity contribution is 5.83. The first-order chi connectivity index (χ1) is 11.2. The molecule has 1 aliphatic heterocycles. The zero-order valence-electron chi connectivity index (χ0n) is 12.7. The van der Waals surface area contributed by atoms with E-state index in [0.717, 1.165) is 18.5 Å². The third-order valence-corrected chi connectivity index (χ3v) is 4.31. The molecule has 0 spiro atoms. The Morgan fingerprint density at radius 1 is 1.26 bits per heavy atom. The van der Waals surface area contributed by atoms with Crippen molar-refractivity contribution >= 4 is 22.3 Å². The SMILES string of the molecule is Nc1cc(F)c2c(c1)OCCN2CCc1c[nH]c2ccccc12. The number of para-hydroxylation sites is 1. The standard InChI is InChI=1S/C18H18FN3O/c19-15-9-13(20)10-17-18(15)22(7-8-23-17)6-5-12-11-21-16-4-2-1-3-14(12)16/h1-4,9-11,21H,5-8,20H2. The minimum atomic E-state index is -0.321. The molecule has 4 nitrogen and oxygen atoms in total. The predicted molar refractivity (Wildman–Crippen MR) is 90.5 cm³/mol. The lowest BCUT2D eigenvalue weighted by Crippen LogP contribution is -2.35. The summed E-state index contributed by atoms with van der Waals surface area (Å²) < 4.78 is 19.8. The minimum Gasteiger partial charge on any atom is -0.489 e. The van der Waals surface area contributed by atoms with Crippen LogP contribution in [0.5, 0.6) is 5.75 Å². The Hall–Kier alpha value is -2.69.